The highest BCUT2D eigenvalue weighted by atomic mass is 16.2. The van der Waals surface area contributed by atoms with Crippen molar-refractivity contribution in [3.05, 3.63) is 30.1 Å². The van der Waals surface area contributed by atoms with Crippen LogP contribution in [0.15, 0.2) is 24.5 Å². The molecule has 0 bridgehead atoms. The molecule has 2 amide bonds. The molecule has 4 rings (SSSR count). The summed E-state index contributed by atoms with van der Waals surface area (Å²) < 4.78 is 0. The number of amides is 2. The van der Waals surface area contributed by atoms with E-state index in [0.717, 1.165) is 57.2 Å². The van der Waals surface area contributed by atoms with Gasteiger partial charge in [0.05, 0.1) is 5.41 Å². The van der Waals surface area contributed by atoms with E-state index >= 15 is 0 Å². The van der Waals surface area contributed by atoms with Crippen molar-refractivity contribution >= 4 is 11.8 Å². The molecule has 1 atom stereocenters. The van der Waals surface area contributed by atoms with Crippen molar-refractivity contribution in [3.8, 4) is 0 Å². The molecular formula is C22H31N3O2. The first-order valence-electron chi connectivity index (χ1n) is 10.7. The summed E-state index contributed by atoms with van der Waals surface area (Å²) in [4.78, 5) is 34.3. The Hall–Kier alpha value is -1.91. The van der Waals surface area contributed by atoms with Crippen LogP contribution >= 0.6 is 0 Å². The van der Waals surface area contributed by atoms with Crippen molar-refractivity contribution in [2.24, 2.45) is 5.41 Å². The first-order valence-corrected chi connectivity index (χ1v) is 10.7. The van der Waals surface area contributed by atoms with E-state index < -0.39 is 0 Å². The summed E-state index contributed by atoms with van der Waals surface area (Å²) in [5, 5.41) is 0. The summed E-state index contributed by atoms with van der Waals surface area (Å²) in [6, 6.07) is 4.37. The Morgan fingerprint density at radius 2 is 1.85 bits per heavy atom. The maximum atomic E-state index is 13.4. The number of hydrogen-bond acceptors (Lipinski definition) is 3. The van der Waals surface area contributed by atoms with Crippen LogP contribution in [0.2, 0.25) is 0 Å². The standard InChI is InChI=1S/C22H31N3O2/c26-20(8-7-18-9-13-23-14-10-18)24-16-12-22(17-24)11-4-15-25(21(22)27)19-5-2-1-3-6-19/h9-10,13-14,19H,1-8,11-12,15-17H2. The number of rotatable bonds is 4. The molecule has 3 heterocycles. The van der Waals surface area contributed by atoms with Crippen molar-refractivity contribution in [1.29, 1.82) is 0 Å². The van der Waals surface area contributed by atoms with E-state index in [1.807, 2.05) is 17.0 Å². The second-order valence-corrected chi connectivity index (χ2v) is 8.60. The zero-order chi connectivity index (χ0) is 18.7. The van der Waals surface area contributed by atoms with Crippen LogP contribution in [-0.4, -0.2) is 52.3 Å². The molecule has 1 aliphatic carbocycles. The normalized spacial score (nSPS) is 26.7. The second-order valence-electron chi connectivity index (χ2n) is 8.60. The summed E-state index contributed by atoms with van der Waals surface area (Å²) >= 11 is 0. The number of likely N-dealkylation sites (tertiary alicyclic amines) is 2. The number of carbonyl (C=O) groups is 2. The molecule has 27 heavy (non-hydrogen) atoms. The van der Waals surface area contributed by atoms with Crippen LogP contribution in [-0.2, 0) is 16.0 Å². The van der Waals surface area contributed by atoms with E-state index in [2.05, 4.69) is 9.88 Å². The molecule has 1 unspecified atom stereocenters. The summed E-state index contributed by atoms with van der Waals surface area (Å²) in [5.74, 6) is 0.524. The van der Waals surface area contributed by atoms with Gasteiger partial charge < -0.3 is 9.80 Å². The number of piperidine rings is 1. The maximum Gasteiger partial charge on any atom is 0.230 e. The minimum atomic E-state index is -0.304. The minimum absolute atomic E-state index is 0.186. The first kappa shape index (κ1) is 18.5. The third kappa shape index (κ3) is 3.87. The monoisotopic (exact) mass is 369 g/mol. The molecule has 0 aromatic carbocycles. The van der Waals surface area contributed by atoms with Gasteiger partial charge in [-0.3, -0.25) is 14.6 Å². The highest BCUT2D eigenvalue weighted by molar-refractivity contribution is 5.86. The molecule has 146 valence electrons. The van der Waals surface area contributed by atoms with Gasteiger partial charge in [-0.05, 0) is 56.2 Å². The fourth-order valence-electron chi connectivity index (χ4n) is 5.26. The number of hydrogen-bond donors (Lipinski definition) is 0. The van der Waals surface area contributed by atoms with Crippen LogP contribution in [0.5, 0.6) is 0 Å². The van der Waals surface area contributed by atoms with Crippen molar-refractivity contribution < 1.29 is 9.59 Å². The topological polar surface area (TPSA) is 53.5 Å². The van der Waals surface area contributed by atoms with E-state index in [1.54, 1.807) is 12.4 Å². The lowest BCUT2D eigenvalue weighted by Crippen LogP contribution is -2.54. The molecular weight excluding hydrogens is 338 g/mol. The average Bonchev–Trinajstić information content (AvgIpc) is 3.15. The third-order valence-corrected chi connectivity index (χ3v) is 6.87. The molecule has 5 heteroatoms. The highest BCUT2D eigenvalue weighted by Crippen LogP contribution is 2.42. The zero-order valence-electron chi connectivity index (χ0n) is 16.2. The summed E-state index contributed by atoms with van der Waals surface area (Å²) in [5.41, 5.74) is 0.839. The molecule has 1 saturated carbocycles. The molecule has 0 radical (unpaired) electrons. The molecule has 0 N–H and O–H groups in total. The summed E-state index contributed by atoms with van der Waals surface area (Å²) in [6.45, 7) is 2.28. The highest BCUT2D eigenvalue weighted by Gasteiger charge is 2.50. The molecule has 3 fully saturated rings. The van der Waals surface area contributed by atoms with E-state index in [-0.39, 0.29) is 11.3 Å². The fourth-order valence-corrected chi connectivity index (χ4v) is 5.26. The van der Waals surface area contributed by atoms with Crippen molar-refractivity contribution in [3.63, 3.8) is 0 Å². The molecule has 1 spiro atoms. The van der Waals surface area contributed by atoms with Gasteiger partial charge in [-0.15, -0.1) is 0 Å². The SMILES string of the molecule is O=C(CCc1ccncc1)N1CCC2(CCCN(C3CCCCC3)C2=O)C1. The first-order chi connectivity index (χ1) is 13.2. The fraction of sp³-hybridized carbons (Fsp3) is 0.682. The molecule has 1 aromatic rings. The van der Waals surface area contributed by atoms with Crippen molar-refractivity contribution in [2.45, 2.75) is 70.3 Å². The quantitative estimate of drug-likeness (QED) is 0.819. The number of nitrogens with zero attached hydrogens (tertiary/aromatic N) is 3. The van der Waals surface area contributed by atoms with Gasteiger partial charge in [0.15, 0.2) is 0 Å². The van der Waals surface area contributed by atoms with Crippen LogP contribution in [0, 0.1) is 5.41 Å². The zero-order valence-corrected chi connectivity index (χ0v) is 16.2. The molecule has 3 aliphatic rings. The van der Waals surface area contributed by atoms with Crippen LogP contribution in [0.3, 0.4) is 0 Å². The number of aromatic nitrogens is 1. The lowest BCUT2D eigenvalue weighted by atomic mass is 9.77. The molecule has 2 saturated heterocycles. The summed E-state index contributed by atoms with van der Waals surface area (Å²) in [6.07, 6.45) is 13.8. The Labute approximate surface area is 162 Å². The van der Waals surface area contributed by atoms with Gasteiger partial charge in [-0.25, -0.2) is 0 Å². The Morgan fingerprint density at radius 3 is 2.63 bits per heavy atom. The van der Waals surface area contributed by atoms with Crippen molar-refractivity contribution in [1.82, 2.24) is 14.8 Å². The molecule has 5 nitrogen and oxygen atoms in total. The van der Waals surface area contributed by atoms with Gasteiger partial charge in [0.2, 0.25) is 11.8 Å². The Morgan fingerprint density at radius 1 is 1.07 bits per heavy atom. The van der Waals surface area contributed by atoms with E-state index in [4.69, 9.17) is 0 Å². The van der Waals surface area contributed by atoms with Gasteiger partial charge in [-0.1, -0.05) is 19.3 Å². The van der Waals surface area contributed by atoms with Gasteiger partial charge in [0, 0.05) is 44.5 Å². The molecule has 1 aromatic heterocycles. The predicted octanol–water partition coefficient (Wildman–Crippen LogP) is 3.19. The van der Waals surface area contributed by atoms with E-state index in [1.165, 1.54) is 19.3 Å². The largest absolute Gasteiger partial charge is 0.342 e. The average molecular weight is 370 g/mol. The predicted molar refractivity (Wildman–Crippen MR) is 104 cm³/mol. The van der Waals surface area contributed by atoms with Crippen molar-refractivity contribution in [2.75, 3.05) is 19.6 Å². The van der Waals surface area contributed by atoms with Gasteiger partial charge in [0.25, 0.3) is 0 Å². The van der Waals surface area contributed by atoms with Crippen LogP contribution in [0.1, 0.15) is 63.4 Å². The minimum Gasteiger partial charge on any atom is -0.342 e. The lowest BCUT2D eigenvalue weighted by Gasteiger charge is -2.44. The maximum absolute atomic E-state index is 13.4. The Bertz CT molecular complexity index is 671. The molecule has 2 aliphatic heterocycles. The second kappa shape index (κ2) is 7.99. The van der Waals surface area contributed by atoms with Crippen LogP contribution < -0.4 is 0 Å². The van der Waals surface area contributed by atoms with Gasteiger partial charge in [-0.2, -0.15) is 0 Å². The number of aryl methyl sites for hydroxylation is 1. The Balaban J connectivity index is 1.36. The smallest absolute Gasteiger partial charge is 0.230 e. The van der Waals surface area contributed by atoms with Gasteiger partial charge >= 0.3 is 0 Å². The Kier molecular flexibility index (Phi) is 5.46. The summed E-state index contributed by atoms with van der Waals surface area (Å²) in [7, 11) is 0. The van der Waals surface area contributed by atoms with Crippen LogP contribution in [0.4, 0.5) is 0 Å². The van der Waals surface area contributed by atoms with Gasteiger partial charge in [0.1, 0.15) is 0 Å². The number of carbonyl (C=O) groups excluding carboxylic acids is 2. The van der Waals surface area contributed by atoms with E-state index in [9.17, 15) is 9.59 Å². The van der Waals surface area contributed by atoms with E-state index in [0.29, 0.717) is 24.9 Å². The number of pyridine rings is 1. The third-order valence-electron chi connectivity index (χ3n) is 6.87. The van der Waals surface area contributed by atoms with Crippen LogP contribution in [0.25, 0.3) is 0 Å². The lowest BCUT2D eigenvalue weighted by molar-refractivity contribution is -0.149.